The number of rotatable bonds is 3. The van der Waals surface area contributed by atoms with E-state index in [4.69, 9.17) is 0 Å². The van der Waals surface area contributed by atoms with Crippen LogP contribution >= 0.6 is 15.9 Å². The summed E-state index contributed by atoms with van der Waals surface area (Å²) in [7, 11) is 0. The van der Waals surface area contributed by atoms with Gasteiger partial charge in [0, 0.05) is 10.2 Å². The lowest BCUT2D eigenvalue weighted by molar-refractivity contribution is 0.249. The first-order valence-electron chi connectivity index (χ1n) is 6.55. The SMILES string of the molecule is Cc1ccc(NC(=O)NC(C)c2ccccc2Br)cc1F. The molecule has 0 heterocycles. The van der Waals surface area contributed by atoms with Gasteiger partial charge >= 0.3 is 6.03 Å². The molecule has 0 fully saturated rings. The summed E-state index contributed by atoms with van der Waals surface area (Å²) in [4.78, 5) is 11.9. The van der Waals surface area contributed by atoms with Crippen LogP contribution < -0.4 is 10.6 Å². The van der Waals surface area contributed by atoms with Gasteiger partial charge < -0.3 is 10.6 Å². The number of halogens is 2. The Morgan fingerprint density at radius 2 is 1.95 bits per heavy atom. The summed E-state index contributed by atoms with van der Waals surface area (Å²) in [5.41, 5.74) is 1.94. The zero-order valence-corrected chi connectivity index (χ0v) is 13.4. The third-order valence-electron chi connectivity index (χ3n) is 3.15. The molecule has 0 saturated carbocycles. The number of carbonyl (C=O) groups is 1. The van der Waals surface area contributed by atoms with Crippen LogP contribution in [0.5, 0.6) is 0 Å². The van der Waals surface area contributed by atoms with Crippen molar-refractivity contribution in [1.82, 2.24) is 5.32 Å². The maximum absolute atomic E-state index is 13.4. The molecule has 1 unspecified atom stereocenters. The zero-order chi connectivity index (χ0) is 15.4. The van der Waals surface area contributed by atoms with Gasteiger partial charge in [0.05, 0.1) is 6.04 Å². The second kappa shape index (κ2) is 6.72. The van der Waals surface area contributed by atoms with Crippen molar-refractivity contribution in [2.24, 2.45) is 0 Å². The first-order valence-corrected chi connectivity index (χ1v) is 7.35. The van der Waals surface area contributed by atoms with Crippen molar-refractivity contribution in [3.63, 3.8) is 0 Å². The van der Waals surface area contributed by atoms with Crippen LogP contribution in [0.3, 0.4) is 0 Å². The first-order chi connectivity index (χ1) is 9.97. The lowest BCUT2D eigenvalue weighted by Gasteiger charge is -2.16. The van der Waals surface area contributed by atoms with Crippen LogP contribution in [0.4, 0.5) is 14.9 Å². The van der Waals surface area contributed by atoms with Gasteiger partial charge in [-0.05, 0) is 43.2 Å². The monoisotopic (exact) mass is 350 g/mol. The molecule has 2 aromatic carbocycles. The minimum atomic E-state index is -0.374. The highest BCUT2D eigenvalue weighted by Crippen LogP contribution is 2.22. The number of benzene rings is 2. The topological polar surface area (TPSA) is 41.1 Å². The summed E-state index contributed by atoms with van der Waals surface area (Å²) in [6.45, 7) is 3.56. The van der Waals surface area contributed by atoms with E-state index >= 15 is 0 Å². The fourth-order valence-corrected chi connectivity index (χ4v) is 2.57. The summed E-state index contributed by atoms with van der Waals surface area (Å²) < 4.78 is 14.4. The molecule has 0 bridgehead atoms. The fourth-order valence-electron chi connectivity index (χ4n) is 1.94. The van der Waals surface area contributed by atoms with Crippen molar-refractivity contribution in [3.8, 4) is 0 Å². The third-order valence-corrected chi connectivity index (χ3v) is 3.87. The van der Waals surface area contributed by atoms with Crippen LogP contribution in [-0.2, 0) is 0 Å². The van der Waals surface area contributed by atoms with Crippen molar-refractivity contribution in [3.05, 3.63) is 63.9 Å². The van der Waals surface area contributed by atoms with Crippen LogP contribution in [0, 0.1) is 12.7 Å². The van der Waals surface area contributed by atoms with Crippen LogP contribution in [-0.4, -0.2) is 6.03 Å². The molecular weight excluding hydrogens is 335 g/mol. The molecule has 0 aliphatic rings. The van der Waals surface area contributed by atoms with Gasteiger partial charge in [0.25, 0.3) is 0 Å². The number of anilines is 1. The van der Waals surface area contributed by atoms with Gasteiger partial charge in [0.15, 0.2) is 0 Å². The van der Waals surface area contributed by atoms with E-state index in [0.717, 1.165) is 10.0 Å². The minimum Gasteiger partial charge on any atom is -0.331 e. The standard InChI is InChI=1S/C16H16BrFN2O/c1-10-7-8-12(9-15(10)18)20-16(21)19-11(2)13-5-3-4-6-14(13)17/h3-9,11H,1-2H3,(H2,19,20,21). The van der Waals surface area contributed by atoms with Gasteiger partial charge in [0.1, 0.15) is 5.82 Å². The van der Waals surface area contributed by atoms with E-state index < -0.39 is 0 Å². The number of urea groups is 1. The van der Waals surface area contributed by atoms with Gasteiger partial charge in [0.2, 0.25) is 0 Å². The molecule has 2 N–H and O–H groups in total. The number of hydrogen-bond donors (Lipinski definition) is 2. The smallest absolute Gasteiger partial charge is 0.319 e. The van der Waals surface area contributed by atoms with E-state index in [9.17, 15) is 9.18 Å². The Morgan fingerprint density at radius 1 is 1.24 bits per heavy atom. The predicted molar refractivity (Wildman–Crippen MR) is 85.8 cm³/mol. The molecular formula is C16H16BrFN2O. The highest BCUT2D eigenvalue weighted by atomic mass is 79.9. The number of aryl methyl sites for hydroxylation is 1. The normalized spacial score (nSPS) is 11.8. The second-order valence-electron chi connectivity index (χ2n) is 4.81. The zero-order valence-electron chi connectivity index (χ0n) is 11.8. The number of hydrogen-bond acceptors (Lipinski definition) is 1. The molecule has 0 aromatic heterocycles. The average molecular weight is 351 g/mol. The van der Waals surface area contributed by atoms with Gasteiger partial charge in [-0.2, -0.15) is 0 Å². The van der Waals surface area contributed by atoms with E-state index in [1.54, 1.807) is 19.1 Å². The molecule has 2 aromatic rings. The van der Waals surface area contributed by atoms with E-state index in [1.165, 1.54) is 6.07 Å². The van der Waals surface area contributed by atoms with Gasteiger partial charge in [-0.3, -0.25) is 0 Å². The van der Waals surface area contributed by atoms with E-state index in [0.29, 0.717) is 11.3 Å². The Kier molecular flexibility index (Phi) is 4.96. The highest BCUT2D eigenvalue weighted by Gasteiger charge is 2.12. The summed E-state index contributed by atoms with van der Waals surface area (Å²) in [5, 5.41) is 5.44. The molecule has 110 valence electrons. The van der Waals surface area contributed by atoms with E-state index in [-0.39, 0.29) is 17.9 Å². The van der Waals surface area contributed by atoms with Gasteiger partial charge in [-0.15, -0.1) is 0 Å². The molecule has 0 spiro atoms. The lowest BCUT2D eigenvalue weighted by Crippen LogP contribution is -2.31. The van der Waals surface area contributed by atoms with E-state index in [2.05, 4.69) is 26.6 Å². The molecule has 5 heteroatoms. The number of nitrogens with one attached hydrogen (secondary N) is 2. The van der Waals surface area contributed by atoms with Gasteiger partial charge in [-0.25, -0.2) is 9.18 Å². The largest absolute Gasteiger partial charge is 0.331 e. The highest BCUT2D eigenvalue weighted by molar-refractivity contribution is 9.10. The second-order valence-corrected chi connectivity index (χ2v) is 5.66. The van der Waals surface area contributed by atoms with Crippen molar-refractivity contribution in [2.75, 3.05) is 5.32 Å². The molecule has 0 aliphatic carbocycles. The Morgan fingerprint density at radius 3 is 2.62 bits per heavy atom. The van der Waals surface area contributed by atoms with Crippen molar-refractivity contribution in [1.29, 1.82) is 0 Å². The van der Waals surface area contributed by atoms with Crippen molar-refractivity contribution >= 4 is 27.6 Å². The number of amides is 2. The van der Waals surface area contributed by atoms with Crippen LogP contribution in [0.2, 0.25) is 0 Å². The molecule has 2 amide bonds. The Hall–Kier alpha value is -1.88. The maximum atomic E-state index is 13.4. The Bertz CT molecular complexity index is 660. The summed E-state index contributed by atoms with van der Waals surface area (Å²) in [6.07, 6.45) is 0. The summed E-state index contributed by atoms with van der Waals surface area (Å²) in [6, 6.07) is 11.7. The molecule has 0 aliphatic heterocycles. The van der Waals surface area contributed by atoms with Crippen LogP contribution in [0.1, 0.15) is 24.1 Å². The van der Waals surface area contributed by atoms with Crippen LogP contribution in [0.25, 0.3) is 0 Å². The maximum Gasteiger partial charge on any atom is 0.319 e. The summed E-state index contributed by atoms with van der Waals surface area (Å²) in [5.74, 6) is -0.341. The van der Waals surface area contributed by atoms with Crippen molar-refractivity contribution < 1.29 is 9.18 Å². The first kappa shape index (κ1) is 15.5. The van der Waals surface area contributed by atoms with Gasteiger partial charge in [-0.1, -0.05) is 40.2 Å². The molecule has 2 rings (SSSR count). The summed E-state index contributed by atoms with van der Waals surface area (Å²) >= 11 is 3.45. The quantitative estimate of drug-likeness (QED) is 0.821. The lowest BCUT2D eigenvalue weighted by atomic mass is 10.1. The predicted octanol–water partition coefficient (Wildman–Crippen LogP) is 4.78. The van der Waals surface area contributed by atoms with E-state index in [1.807, 2.05) is 31.2 Å². The minimum absolute atomic E-state index is 0.170. The molecule has 1 atom stereocenters. The third kappa shape index (κ3) is 4.04. The number of carbonyl (C=O) groups excluding carboxylic acids is 1. The molecule has 0 radical (unpaired) electrons. The Balaban J connectivity index is 2.01. The Labute approximate surface area is 131 Å². The molecule has 21 heavy (non-hydrogen) atoms. The molecule has 3 nitrogen and oxygen atoms in total. The fraction of sp³-hybridized carbons (Fsp3) is 0.188. The average Bonchev–Trinajstić information content (AvgIpc) is 2.43. The van der Waals surface area contributed by atoms with Crippen molar-refractivity contribution in [2.45, 2.75) is 19.9 Å². The molecule has 0 saturated heterocycles. The van der Waals surface area contributed by atoms with Crippen LogP contribution in [0.15, 0.2) is 46.9 Å².